The van der Waals surface area contributed by atoms with Gasteiger partial charge >= 0.3 is 0 Å². The Morgan fingerprint density at radius 3 is 2.47 bits per heavy atom. The summed E-state index contributed by atoms with van der Waals surface area (Å²) in [6.07, 6.45) is 1.51. The molecule has 0 atom stereocenters. The number of benzene rings is 2. The first kappa shape index (κ1) is 23.2. The van der Waals surface area contributed by atoms with Gasteiger partial charge in [0, 0.05) is 23.1 Å². The van der Waals surface area contributed by atoms with Gasteiger partial charge in [-0.15, -0.1) is 0 Å². The van der Waals surface area contributed by atoms with Crippen molar-refractivity contribution in [1.82, 2.24) is 9.88 Å². The molecule has 7 nitrogen and oxygen atoms in total. The first-order chi connectivity index (χ1) is 16.2. The van der Waals surface area contributed by atoms with Gasteiger partial charge in [0.1, 0.15) is 22.9 Å². The van der Waals surface area contributed by atoms with Crippen LogP contribution in [0.15, 0.2) is 54.1 Å². The van der Waals surface area contributed by atoms with E-state index < -0.39 is 11.8 Å². The molecule has 9 heteroatoms. The van der Waals surface area contributed by atoms with E-state index in [1.165, 1.54) is 37.3 Å². The Balaban J connectivity index is 1.78. The van der Waals surface area contributed by atoms with Gasteiger partial charge in [0.15, 0.2) is 5.11 Å². The van der Waals surface area contributed by atoms with E-state index in [1.807, 2.05) is 24.5 Å². The Morgan fingerprint density at radius 2 is 1.79 bits per heavy atom. The first-order valence-corrected chi connectivity index (χ1v) is 10.7. The zero-order chi connectivity index (χ0) is 24.6. The van der Waals surface area contributed by atoms with Crippen molar-refractivity contribution < 1.29 is 23.5 Å². The molecule has 2 aromatic carbocycles. The predicted octanol–water partition coefficient (Wildman–Crippen LogP) is 4.08. The van der Waals surface area contributed by atoms with Crippen molar-refractivity contribution in [3.8, 4) is 17.2 Å². The largest absolute Gasteiger partial charge is 0.497 e. The summed E-state index contributed by atoms with van der Waals surface area (Å²) >= 11 is 5.30. The maximum absolute atomic E-state index is 13.8. The molecule has 4 rings (SSSR count). The SMILES string of the molecule is COc1ccc(N2C(=O)/C(=C/c3cc(C)n(-c4cccc(F)c4)c3C)C(=O)NC2=S)c(OC)c1. The second-order valence-electron chi connectivity index (χ2n) is 7.64. The lowest BCUT2D eigenvalue weighted by Gasteiger charge is -2.30. The Kier molecular flexibility index (Phi) is 6.21. The van der Waals surface area contributed by atoms with Crippen LogP contribution >= 0.6 is 12.2 Å². The fourth-order valence-electron chi connectivity index (χ4n) is 3.95. The molecule has 0 bridgehead atoms. The molecular weight excluding hydrogens is 457 g/mol. The fraction of sp³-hybridized carbons (Fsp3) is 0.160. The summed E-state index contributed by atoms with van der Waals surface area (Å²) < 4.78 is 26.3. The number of amides is 2. The second-order valence-corrected chi connectivity index (χ2v) is 8.02. The standard InChI is InChI=1S/C25H22FN3O4S/c1-14-10-16(15(2)28(14)18-7-5-6-17(26)12-18)11-20-23(30)27-25(34)29(24(20)31)21-9-8-19(32-3)13-22(21)33-4/h5-13H,1-4H3,(H,27,30,34)/b20-11+. The maximum Gasteiger partial charge on any atom is 0.270 e. The van der Waals surface area contributed by atoms with Gasteiger partial charge in [-0.05, 0) is 74.1 Å². The topological polar surface area (TPSA) is 72.8 Å². The van der Waals surface area contributed by atoms with Gasteiger partial charge in [0.2, 0.25) is 0 Å². The van der Waals surface area contributed by atoms with E-state index in [9.17, 15) is 14.0 Å². The number of aryl methyl sites for hydroxylation is 1. The predicted molar refractivity (Wildman–Crippen MR) is 131 cm³/mol. The summed E-state index contributed by atoms with van der Waals surface area (Å²) in [7, 11) is 2.98. The van der Waals surface area contributed by atoms with Crippen molar-refractivity contribution in [2.45, 2.75) is 13.8 Å². The highest BCUT2D eigenvalue weighted by atomic mass is 32.1. The number of thiocarbonyl (C=S) groups is 1. The van der Waals surface area contributed by atoms with Crippen LogP contribution in [-0.2, 0) is 9.59 Å². The van der Waals surface area contributed by atoms with E-state index in [4.69, 9.17) is 21.7 Å². The lowest BCUT2D eigenvalue weighted by atomic mass is 10.1. The molecule has 3 aromatic rings. The summed E-state index contributed by atoms with van der Waals surface area (Å²) in [5.74, 6) is -0.651. The number of hydrogen-bond acceptors (Lipinski definition) is 5. The number of carbonyl (C=O) groups excluding carboxylic acids is 2. The molecule has 0 unspecified atom stereocenters. The Hall–Kier alpha value is -3.98. The van der Waals surface area contributed by atoms with Crippen LogP contribution in [0.3, 0.4) is 0 Å². The van der Waals surface area contributed by atoms with Gasteiger partial charge in [0.25, 0.3) is 11.8 Å². The van der Waals surface area contributed by atoms with Crippen LogP contribution in [0.1, 0.15) is 17.0 Å². The molecule has 0 spiro atoms. The van der Waals surface area contributed by atoms with Crippen LogP contribution < -0.4 is 19.7 Å². The minimum Gasteiger partial charge on any atom is -0.497 e. The number of nitrogens with zero attached hydrogens (tertiary/aromatic N) is 2. The molecule has 1 aliphatic rings. The number of methoxy groups -OCH3 is 2. The molecule has 34 heavy (non-hydrogen) atoms. The number of nitrogens with one attached hydrogen (secondary N) is 1. The number of rotatable bonds is 5. The fourth-order valence-corrected chi connectivity index (χ4v) is 4.22. The zero-order valence-corrected chi connectivity index (χ0v) is 19.8. The van der Waals surface area contributed by atoms with Gasteiger partial charge in [0.05, 0.1) is 19.9 Å². The highest BCUT2D eigenvalue weighted by Gasteiger charge is 2.36. The van der Waals surface area contributed by atoms with Gasteiger partial charge in [-0.1, -0.05) is 6.07 Å². The van der Waals surface area contributed by atoms with E-state index in [0.29, 0.717) is 28.4 Å². The average Bonchev–Trinajstić information content (AvgIpc) is 3.09. The molecule has 1 fully saturated rings. The van der Waals surface area contributed by atoms with Crippen LogP contribution in [0.4, 0.5) is 10.1 Å². The minimum atomic E-state index is -0.603. The normalized spacial score (nSPS) is 15.0. The van der Waals surface area contributed by atoms with E-state index in [-0.39, 0.29) is 16.5 Å². The van der Waals surface area contributed by atoms with Crippen molar-refractivity contribution in [3.63, 3.8) is 0 Å². The summed E-state index contributed by atoms with van der Waals surface area (Å²) in [5, 5.41) is 2.52. The highest BCUT2D eigenvalue weighted by molar-refractivity contribution is 7.80. The first-order valence-electron chi connectivity index (χ1n) is 10.3. The maximum atomic E-state index is 13.8. The van der Waals surface area contributed by atoms with Crippen LogP contribution in [0.25, 0.3) is 11.8 Å². The molecule has 1 saturated heterocycles. The van der Waals surface area contributed by atoms with E-state index in [0.717, 1.165) is 11.4 Å². The van der Waals surface area contributed by atoms with Crippen LogP contribution in [0.2, 0.25) is 0 Å². The molecule has 174 valence electrons. The van der Waals surface area contributed by atoms with Gasteiger partial charge in [-0.3, -0.25) is 14.9 Å². The number of carbonyl (C=O) groups is 2. The third kappa shape index (κ3) is 4.06. The molecule has 1 N–H and O–H groups in total. The lowest BCUT2D eigenvalue weighted by molar-refractivity contribution is -0.122. The third-order valence-electron chi connectivity index (χ3n) is 5.57. The summed E-state index contributed by atoms with van der Waals surface area (Å²) in [6, 6.07) is 13.0. The number of hydrogen-bond donors (Lipinski definition) is 1. The average molecular weight is 480 g/mol. The van der Waals surface area contributed by atoms with Crippen LogP contribution in [0, 0.1) is 19.7 Å². The summed E-state index contributed by atoms with van der Waals surface area (Å²) in [5.41, 5.74) is 3.14. The smallest absolute Gasteiger partial charge is 0.270 e. The molecule has 1 aromatic heterocycles. The van der Waals surface area contributed by atoms with Crippen molar-refractivity contribution in [3.05, 3.63) is 76.9 Å². The van der Waals surface area contributed by atoms with E-state index >= 15 is 0 Å². The van der Waals surface area contributed by atoms with Crippen LogP contribution in [-0.4, -0.2) is 35.7 Å². The molecular formula is C25H22FN3O4S. The molecule has 0 saturated carbocycles. The molecule has 2 amide bonds. The number of halogens is 1. The van der Waals surface area contributed by atoms with E-state index in [1.54, 1.807) is 30.3 Å². The highest BCUT2D eigenvalue weighted by Crippen LogP contribution is 2.34. The molecule has 0 aliphatic carbocycles. The number of anilines is 1. The number of aromatic nitrogens is 1. The molecule has 1 aliphatic heterocycles. The Labute approximate surface area is 201 Å². The Bertz CT molecular complexity index is 1360. The van der Waals surface area contributed by atoms with Crippen molar-refractivity contribution in [1.29, 1.82) is 0 Å². The lowest BCUT2D eigenvalue weighted by Crippen LogP contribution is -2.54. The van der Waals surface area contributed by atoms with E-state index in [2.05, 4.69) is 5.32 Å². The van der Waals surface area contributed by atoms with Crippen molar-refractivity contribution >= 4 is 40.9 Å². The molecule has 0 radical (unpaired) electrons. The van der Waals surface area contributed by atoms with Gasteiger partial charge in [-0.2, -0.15) is 0 Å². The van der Waals surface area contributed by atoms with Crippen molar-refractivity contribution in [2.75, 3.05) is 19.1 Å². The molecule has 2 heterocycles. The quantitative estimate of drug-likeness (QED) is 0.339. The minimum absolute atomic E-state index is 0.0548. The summed E-state index contributed by atoms with van der Waals surface area (Å²) in [4.78, 5) is 27.4. The van der Waals surface area contributed by atoms with Crippen LogP contribution in [0.5, 0.6) is 11.5 Å². The van der Waals surface area contributed by atoms with Gasteiger partial charge in [-0.25, -0.2) is 9.29 Å². The third-order valence-corrected chi connectivity index (χ3v) is 5.85. The second kappa shape index (κ2) is 9.11. The van der Waals surface area contributed by atoms with Gasteiger partial charge < -0.3 is 14.0 Å². The Morgan fingerprint density at radius 1 is 1.03 bits per heavy atom. The monoisotopic (exact) mass is 479 g/mol. The number of ether oxygens (including phenoxy) is 2. The van der Waals surface area contributed by atoms with Crippen molar-refractivity contribution in [2.24, 2.45) is 0 Å². The zero-order valence-electron chi connectivity index (χ0n) is 19.0. The summed E-state index contributed by atoms with van der Waals surface area (Å²) in [6.45, 7) is 3.71.